The van der Waals surface area contributed by atoms with Crippen molar-refractivity contribution in [3.8, 4) is 0 Å². The van der Waals surface area contributed by atoms with Gasteiger partial charge in [0.1, 0.15) is 4.88 Å². The molecule has 1 aliphatic carbocycles. The third kappa shape index (κ3) is 4.27. The zero-order chi connectivity index (χ0) is 15.2. The molecule has 1 aromatic rings. The summed E-state index contributed by atoms with van der Waals surface area (Å²) in [4.78, 5) is 27.7. The number of anilines is 1. The van der Waals surface area contributed by atoms with E-state index >= 15 is 0 Å². The van der Waals surface area contributed by atoms with Gasteiger partial charge in [-0.15, -0.1) is 0 Å². The van der Waals surface area contributed by atoms with E-state index in [9.17, 15) is 9.59 Å². The van der Waals surface area contributed by atoms with Gasteiger partial charge in [0.15, 0.2) is 16.6 Å². The number of nitrogens with zero attached hydrogens (tertiary/aromatic N) is 1. The Bertz CT molecular complexity index is 507. The molecule has 0 saturated heterocycles. The van der Waals surface area contributed by atoms with Gasteiger partial charge >= 0.3 is 5.97 Å². The van der Waals surface area contributed by atoms with Gasteiger partial charge in [-0.1, -0.05) is 37.0 Å². The van der Waals surface area contributed by atoms with Crippen LogP contribution in [0.2, 0.25) is 0 Å². The van der Waals surface area contributed by atoms with Crippen LogP contribution in [0.4, 0.5) is 5.13 Å². The Labute approximate surface area is 129 Å². The lowest BCUT2D eigenvalue weighted by Gasteiger charge is -2.08. The second-order valence-electron chi connectivity index (χ2n) is 5.46. The van der Waals surface area contributed by atoms with Crippen LogP contribution in [-0.2, 0) is 4.74 Å². The first-order valence-electron chi connectivity index (χ1n) is 7.45. The third-order valence-corrected chi connectivity index (χ3v) is 4.98. The molecule has 0 spiro atoms. The smallest absolute Gasteiger partial charge is 0.358 e. The lowest BCUT2D eigenvalue weighted by molar-refractivity contribution is 0.0591. The van der Waals surface area contributed by atoms with E-state index < -0.39 is 5.97 Å². The maximum absolute atomic E-state index is 11.6. The fourth-order valence-electron chi connectivity index (χ4n) is 2.75. The molecule has 1 fully saturated rings. The molecule has 0 unspecified atom stereocenters. The lowest BCUT2D eigenvalue weighted by Crippen LogP contribution is -2.07. The number of ether oxygens (including phenoxy) is 1. The molecule has 1 aromatic heterocycles. The SMILES string of the molecule is COC(=O)c1nc(NCCCC2CCCC2)sc1C(C)=O. The molecule has 6 heteroatoms. The number of carbonyl (C=O) groups is 2. The van der Waals surface area contributed by atoms with Crippen molar-refractivity contribution in [2.45, 2.75) is 45.4 Å². The molecule has 21 heavy (non-hydrogen) atoms. The van der Waals surface area contributed by atoms with E-state index in [4.69, 9.17) is 0 Å². The van der Waals surface area contributed by atoms with Gasteiger partial charge in [-0.3, -0.25) is 4.79 Å². The summed E-state index contributed by atoms with van der Waals surface area (Å²) in [5, 5.41) is 3.83. The Morgan fingerprint density at radius 1 is 1.38 bits per heavy atom. The highest BCUT2D eigenvalue weighted by molar-refractivity contribution is 7.17. The largest absolute Gasteiger partial charge is 0.464 e. The van der Waals surface area contributed by atoms with Gasteiger partial charge in [0.25, 0.3) is 0 Å². The summed E-state index contributed by atoms with van der Waals surface area (Å²) in [5.41, 5.74) is 0.119. The lowest BCUT2D eigenvalue weighted by atomic mass is 10.0. The van der Waals surface area contributed by atoms with Gasteiger partial charge in [0.2, 0.25) is 0 Å². The predicted molar refractivity (Wildman–Crippen MR) is 83.1 cm³/mol. The van der Waals surface area contributed by atoms with Gasteiger partial charge in [-0.05, 0) is 18.8 Å². The van der Waals surface area contributed by atoms with Crippen LogP contribution in [0.15, 0.2) is 0 Å². The van der Waals surface area contributed by atoms with E-state index in [2.05, 4.69) is 15.0 Å². The van der Waals surface area contributed by atoms with Crippen LogP contribution in [-0.4, -0.2) is 30.4 Å². The van der Waals surface area contributed by atoms with E-state index in [1.807, 2.05) is 0 Å². The topological polar surface area (TPSA) is 68.3 Å². The zero-order valence-electron chi connectivity index (χ0n) is 12.6. The molecule has 0 amide bonds. The summed E-state index contributed by atoms with van der Waals surface area (Å²) in [5.74, 6) is 0.156. The van der Waals surface area contributed by atoms with Crippen LogP contribution < -0.4 is 5.32 Å². The Balaban J connectivity index is 1.87. The van der Waals surface area contributed by atoms with E-state index in [1.54, 1.807) is 0 Å². The van der Waals surface area contributed by atoms with Gasteiger partial charge in [0.05, 0.1) is 7.11 Å². The summed E-state index contributed by atoms with van der Waals surface area (Å²) in [6.07, 6.45) is 7.79. The molecule has 0 atom stereocenters. The van der Waals surface area contributed by atoms with Gasteiger partial charge in [0, 0.05) is 13.5 Å². The van der Waals surface area contributed by atoms with E-state index in [0.29, 0.717) is 10.0 Å². The molecule has 1 heterocycles. The Morgan fingerprint density at radius 2 is 2.10 bits per heavy atom. The van der Waals surface area contributed by atoms with Crippen LogP contribution in [0.3, 0.4) is 0 Å². The highest BCUT2D eigenvalue weighted by atomic mass is 32.1. The van der Waals surface area contributed by atoms with Crippen LogP contribution >= 0.6 is 11.3 Å². The number of Topliss-reactive ketones (excluding diaryl/α,β-unsaturated/α-hetero) is 1. The Kier molecular flexibility index (Phi) is 5.73. The van der Waals surface area contributed by atoms with Crippen molar-refractivity contribution in [3.05, 3.63) is 10.6 Å². The number of aromatic nitrogens is 1. The fraction of sp³-hybridized carbons (Fsp3) is 0.667. The molecule has 0 aliphatic heterocycles. The average molecular weight is 310 g/mol. The van der Waals surface area contributed by atoms with Crippen molar-refractivity contribution in [2.24, 2.45) is 5.92 Å². The maximum atomic E-state index is 11.6. The molecular formula is C15H22N2O3S. The Morgan fingerprint density at radius 3 is 2.71 bits per heavy atom. The van der Waals surface area contributed by atoms with Crippen molar-refractivity contribution in [3.63, 3.8) is 0 Å². The summed E-state index contributed by atoms with van der Waals surface area (Å²) in [6, 6.07) is 0. The van der Waals surface area contributed by atoms with Crippen molar-refractivity contribution < 1.29 is 14.3 Å². The quantitative estimate of drug-likeness (QED) is 0.474. The number of hydrogen-bond donors (Lipinski definition) is 1. The minimum absolute atomic E-state index is 0.119. The molecule has 1 N–H and O–H groups in total. The molecule has 0 aromatic carbocycles. The first-order chi connectivity index (χ1) is 10.1. The van der Waals surface area contributed by atoms with Crippen LogP contribution in [0, 0.1) is 5.92 Å². The molecule has 5 nitrogen and oxygen atoms in total. The maximum Gasteiger partial charge on any atom is 0.358 e. The van der Waals surface area contributed by atoms with Crippen molar-refractivity contribution in [2.75, 3.05) is 19.0 Å². The van der Waals surface area contributed by atoms with E-state index in [-0.39, 0.29) is 11.5 Å². The number of carbonyl (C=O) groups excluding carboxylic acids is 2. The van der Waals surface area contributed by atoms with E-state index in [1.165, 1.54) is 57.5 Å². The fourth-order valence-corrected chi connectivity index (χ4v) is 3.63. The van der Waals surface area contributed by atoms with Crippen LogP contribution in [0.1, 0.15) is 65.6 Å². The summed E-state index contributed by atoms with van der Waals surface area (Å²) >= 11 is 1.22. The predicted octanol–water partition coefficient (Wildman–Crippen LogP) is 3.51. The molecule has 2 rings (SSSR count). The molecule has 116 valence electrons. The second kappa shape index (κ2) is 7.54. The third-order valence-electron chi connectivity index (χ3n) is 3.87. The van der Waals surface area contributed by atoms with Gasteiger partial charge in [-0.2, -0.15) is 0 Å². The minimum Gasteiger partial charge on any atom is -0.464 e. The summed E-state index contributed by atoms with van der Waals surface area (Å²) < 4.78 is 4.66. The number of methoxy groups -OCH3 is 1. The Hall–Kier alpha value is -1.43. The van der Waals surface area contributed by atoms with Gasteiger partial charge in [-0.25, -0.2) is 9.78 Å². The number of ketones is 1. The summed E-state index contributed by atoms with van der Waals surface area (Å²) in [7, 11) is 1.29. The monoisotopic (exact) mass is 310 g/mol. The summed E-state index contributed by atoms with van der Waals surface area (Å²) in [6.45, 7) is 2.26. The van der Waals surface area contributed by atoms with E-state index in [0.717, 1.165) is 18.9 Å². The molecular weight excluding hydrogens is 288 g/mol. The van der Waals surface area contributed by atoms with Crippen molar-refractivity contribution in [1.82, 2.24) is 4.98 Å². The van der Waals surface area contributed by atoms with Crippen molar-refractivity contribution >= 4 is 28.2 Å². The number of thiazole rings is 1. The molecule has 1 aliphatic rings. The normalized spacial score (nSPS) is 15.1. The highest BCUT2D eigenvalue weighted by Gasteiger charge is 2.21. The average Bonchev–Trinajstić information content (AvgIpc) is 3.12. The number of nitrogens with one attached hydrogen (secondary N) is 1. The zero-order valence-corrected chi connectivity index (χ0v) is 13.4. The number of esters is 1. The molecule has 0 radical (unpaired) electrons. The number of hydrogen-bond acceptors (Lipinski definition) is 6. The second-order valence-corrected chi connectivity index (χ2v) is 6.46. The first-order valence-corrected chi connectivity index (χ1v) is 8.27. The van der Waals surface area contributed by atoms with Crippen molar-refractivity contribution in [1.29, 1.82) is 0 Å². The van der Waals surface area contributed by atoms with Crippen LogP contribution in [0.5, 0.6) is 0 Å². The minimum atomic E-state index is -0.560. The standard InChI is InChI=1S/C15H22N2O3S/c1-10(18)13-12(14(19)20-2)17-15(21-13)16-9-5-8-11-6-3-4-7-11/h11H,3-9H2,1-2H3,(H,16,17). The first kappa shape index (κ1) is 15.9. The molecule has 0 bridgehead atoms. The number of rotatable bonds is 7. The highest BCUT2D eigenvalue weighted by Crippen LogP contribution is 2.29. The molecule has 1 saturated carbocycles. The van der Waals surface area contributed by atoms with Crippen LogP contribution in [0.25, 0.3) is 0 Å². The van der Waals surface area contributed by atoms with Gasteiger partial charge < -0.3 is 10.1 Å².